The van der Waals surface area contributed by atoms with Crippen LogP contribution in [0.2, 0.25) is 0 Å². The van der Waals surface area contributed by atoms with Gasteiger partial charge in [-0.2, -0.15) is 0 Å². The second-order valence-corrected chi connectivity index (χ2v) is 9.06. The molecule has 0 aromatic rings. The van der Waals surface area contributed by atoms with E-state index < -0.39 is 23.6 Å². The van der Waals surface area contributed by atoms with Crippen LogP contribution in [0, 0.1) is 0 Å². The van der Waals surface area contributed by atoms with Crippen molar-refractivity contribution in [1.29, 1.82) is 0 Å². The summed E-state index contributed by atoms with van der Waals surface area (Å²) in [5.41, 5.74) is -3.57. The number of hydrogen-bond donors (Lipinski definition) is 3. The van der Waals surface area contributed by atoms with Crippen LogP contribution >= 0.6 is 0 Å². The lowest BCUT2D eigenvalue weighted by atomic mass is 9.74. The van der Waals surface area contributed by atoms with Crippen LogP contribution in [0.25, 0.3) is 0 Å². The molecular formula is C25H50O4. The zero-order valence-corrected chi connectivity index (χ0v) is 19.7. The molecule has 4 heteroatoms. The molecule has 0 saturated heterocycles. The Labute approximate surface area is 180 Å². The summed E-state index contributed by atoms with van der Waals surface area (Å²) < 4.78 is 0. The molecule has 2 atom stereocenters. The zero-order chi connectivity index (χ0) is 22.0. The average molecular weight is 415 g/mol. The van der Waals surface area contributed by atoms with Crippen LogP contribution in [0.4, 0.5) is 0 Å². The number of carbonyl (C=O) groups is 1. The molecule has 2 unspecified atom stereocenters. The van der Waals surface area contributed by atoms with Gasteiger partial charge in [0.25, 0.3) is 0 Å². The van der Waals surface area contributed by atoms with Crippen molar-refractivity contribution >= 4 is 5.78 Å². The fourth-order valence-corrected chi connectivity index (χ4v) is 4.21. The zero-order valence-electron chi connectivity index (χ0n) is 19.7. The summed E-state index contributed by atoms with van der Waals surface area (Å²) in [4.78, 5) is 11.9. The minimum absolute atomic E-state index is 0.346. The molecule has 0 amide bonds. The summed E-state index contributed by atoms with van der Waals surface area (Å²) >= 11 is 0. The molecule has 0 aromatic carbocycles. The van der Waals surface area contributed by atoms with Gasteiger partial charge in [-0.1, -0.05) is 117 Å². The largest absolute Gasteiger partial charge is 0.393 e. The van der Waals surface area contributed by atoms with Crippen LogP contribution in [-0.2, 0) is 4.79 Å². The highest BCUT2D eigenvalue weighted by molar-refractivity contribution is 5.86. The summed E-state index contributed by atoms with van der Waals surface area (Å²) in [6.07, 6.45) is 19.9. The Hall–Kier alpha value is -0.450. The maximum atomic E-state index is 11.9. The minimum atomic E-state index is -2.04. The Kier molecular flexibility index (Phi) is 17.0. The van der Waals surface area contributed by atoms with Gasteiger partial charge in [-0.05, 0) is 19.8 Å². The molecule has 0 aliphatic carbocycles. The fraction of sp³-hybridized carbons (Fsp3) is 0.960. The van der Waals surface area contributed by atoms with Crippen LogP contribution in [0.1, 0.15) is 136 Å². The summed E-state index contributed by atoms with van der Waals surface area (Å²) in [5, 5.41) is 31.2. The van der Waals surface area contributed by atoms with Gasteiger partial charge < -0.3 is 15.3 Å². The Morgan fingerprint density at radius 2 is 0.966 bits per heavy atom. The first-order valence-electron chi connectivity index (χ1n) is 12.4. The summed E-state index contributed by atoms with van der Waals surface area (Å²) in [6, 6.07) is 0. The molecule has 0 saturated carbocycles. The molecule has 0 aliphatic heterocycles. The normalized spacial score (nSPS) is 15.8. The maximum Gasteiger partial charge on any atom is 0.174 e. The van der Waals surface area contributed by atoms with Crippen LogP contribution < -0.4 is 0 Å². The van der Waals surface area contributed by atoms with Gasteiger partial charge in [0.2, 0.25) is 0 Å². The molecule has 0 fully saturated rings. The predicted molar refractivity (Wildman–Crippen MR) is 122 cm³/mol. The molecular weight excluding hydrogens is 364 g/mol. The van der Waals surface area contributed by atoms with Crippen LogP contribution in [0.15, 0.2) is 0 Å². The number of carbonyl (C=O) groups excluding carboxylic acids is 1. The van der Waals surface area contributed by atoms with E-state index in [4.69, 9.17) is 0 Å². The quantitative estimate of drug-likeness (QED) is 0.199. The number of Topliss-reactive ketones (excluding diaryl/α,β-unsaturated/α-hetero) is 1. The van der Waals surface area contributed by atoms with Crippen molar-refractivity contribution in [1.82, 2.24) is 0 Å². The number of unbranched alkanes of at least 4 members (excludes halogenated alkanes) is 14. The van der Waals surface area contributed by atoms with Crippen LogP contribution in [0.5, 0.6) is 0 Å². The summed E-state index contributed by atoms with van der Waals surface area (Å²) in [6.45, 7) is 4.80. The van der Waals surface area contributed by atoms with Gasteiger partial charge in [-0.3, -0.25) is 4.79 Å². The van der Waals surface area contributed by atoms with Crippen molar-refractivity contribution in [2.45, 2.75) is 148 Å². The van der Waals surface area contributed by atoms with Crippen molar-refractivity contribution in [2.75, 3.05) is 6.61 Å². The average Bonchev–Trinajstić information content (AvgIpc) is 2.71. The molecule has 0 heterocycles. The van der Waals surface area contributed by atoms with E-state index in [2.05, 4.69) is 6.92 Å². The van der Waals surface area contributed by atoms with E-state index in [1.54, 1.807) is 0 Å². The van der Waals surface area contributed by atoms with Crippen molar-refractivity contribution in [3.05, 3.63) is 0 Å². The third-order valence-electron chi connectivity index (χ3n) is 6.47. The second-order valence-electron chi connectivity index (χ2n) is 9.06. The van der Waals surface area contributed by atoms with Crippen molar-refractivity contribution < 1.29 is 20.1 Å². The third kappa shape index (κ3) is 11.5. The first-order chi connectivity index (χ1) is 13.9. The molecule has 4 nitrogen and oxygen atoms in total. The molecule has 0 radical (unpaired) electrons. The van der Waals surface area contributed by atoms with Gasteiger partial charge in [0, 0.05) is 0 Å². The molecule has 29 heavy (non-hydrogen) atoms. The van der Waals surface area contributed by atoms with E-state index >= 15 is 0 Å². The maximum absolute atomic E-state index is 11.9. The smallest absolute Gasteiger partial charge is 0.174 e. The van der Waals surface area contributed by atoms with E-state index in [-0.39, 0.29) is 0 Å². The van der Waals surface area contributed by atoms with E-state index in [9.17, 15) is 20.1 Å². The van der Waals surface area contributed by atoms with Gasteiger partial charge in [-0.15, -0.1) is 0 Å². The van der Waals surface area contributed by atoms with Crippen molar-refractivity contribution in [2.24, 2.45) is 0 Å². The number of ketones is 1. The molecule has 0 spiro atoms. The van der Waals surface area contributed by atoms with E-state index in [0.717, 1.165) is 32.1 Å². The predicted octanol–water partition coefficient (Wildman–Crippen LogP) is 6.09. The standard InChI is InChI=1S/C25H50O4/c1-4-6-8-9-10-11-12-13-14-15-16-17-18-19-21-24(28,20-7-5-2)25(29,22-26)23(3)27/h26,28-29H,4-22H2,1-3H3. The fourth-order valence-electron chi connectivity index (χ4n) is 4.21. The van der Waals surface area contributed by atoms with Crippen molar-refractivity contribution in [3.63, 3.8) is 0 Å². The lowest BCUT2D eigenvalue weighted by Gasteiger charge is -2.41. The summed E-state index contributed by atoms with van der Waals surface area (Å²) in [7, 11) is 0. The SMILES string of the molecule is CCCCCCCCCCCCCCCCC(O)(CCCC)C(O)(CO)C(C)=O. The first kappa shape index (κ1) is 28.5. The van der Waals surface area contributed by atoms with E-state index in [1.807, 2.05) is 6.92 Å². The number of rotatable bonds is 21. The lowest BCUT2D eigenvalue weighted by molar-refractivity contribution is -0.188. The Balaban J connectivity index is 3.93. The van der Waals surface area contributed by atoms with Crippen LogP contribution in [0.3, 0.4) is 0 Å². The van der Waals surface area contributed by atoms with Gasteiger partial charge in [0.15, 0.2) is 11.4 Å². The second kappa shape index (κ2) is 17.3. The summed E-state index contributed by atoms with van der Waals surface area (Å²) in [5.74, 6) is -0.552. The molecule has 174 valence electrons. The number of hydrogen-bond acceptors (Lipinski definition) is 4. The molecule has 0 aliphatic rings. The number of aliphatic hydroxyl groups is 3. The van der Waals surface area contributed by atoms with Gasteiger partial charge in [0.1, 0.15) is 5.60 Å². The Bertz CT molecular complexity index is 398. The monoisotopic (exact) mass is 414 g/mol. The van der Waals surface area contributed by atoms with Gasteiger partial charge >= 0.3 is 0 Å². The molecule has 0 aromatic heterocycles. The van der Waals surface area contributed by atoms with Crippen LogP contribution in [-0.4, -0.2) is 38.9 Å². The van der Waals surface area contributed by atoms with E-state index in [0.29, 0.717) is 12.8 Å². The van der Waals surface area contributed by atoms with E-state index in [1.165, 1.54) is 77.6 Å². The third-order valence-corrected chi connectivity index (χ3v) is 6.47. The lowest BCUT2D eigenvalue weighted by Crippen LogP contribution is -2.61. The highest BCUT2D eigenvalue weighted by Gasteiger charge is 2.51. The molecule has 0 bridgehead atoms. The first-order valence-corrected chi connectivity index (χ1v) is 12.4. The minimum Gasteiger partial charge on any atom is -0.393 e. The molecule has 3 N–H and O–H groups in total. The molecule has 0 rings (SSSR count). The van der Waals surface area contributed by atoms with Gasteiger partial charge in [0.05, 0.1) is 6.61 Å². The highest BCUT2D eigenvalue weighted by Crippen LogP contribution is 2.34. The van der Waals surface area contributed by atoms with Crippen molar-refractivity contribution in [3.8, 4) is 0 Å². The van der Waals surface area contributed by atoms with Gasteiger partial charge in [-0.25, -0.2) is 0 Å². The topological polar surface area (TPSA) is 77.8 Å². The Morgan fingerprint density at radius 3 is 1.31 bits per heavy atom. The highest BCUT2D eigenvalue weighted by atomic mass is 16.4. The number of aliphatic hydroxyl groups excluding tert-OH is 1. The Morgan fingerprint density at radius 1 is 0.621 bits per heavy atom.